The second-order valence-corrected chi connectivity index (χ2v) is 6.24. The Bertz CT molecular complexity index is 529. The molecule has 0 amide bonds. The summed E-state index contributed by atoms with van der Waals surface area (Å²) >= 11 is 3.06. The highest BCUT2D eigenvalue weighted by Gasteiger charge is 2.36. The normalized spacial score (nSPS) is 17.5. The number of carbonyl (C=O) groups is 1. The highest BCUT2D eigenvalue weighted by atomic mass is 79.9. The predicted octanol–water partition coefficient (Wildman–Crippen LogP) is 4.30. The number of hydrogen-bond acceptors (Lipinski definition) is 2. The Morgan fingerprint density at radius 3 is 2.60 bits per heavy atom. The van der Waals surface area contributed by atoms with E-state index in [-0.39, 0.29) is 15.5 Å². The van der Waals surface area contributed by atoms with Gasteiger partial charge >= 0.3 is 5.97 Å². The van der Waals surface area contributed by atoms with Crippen LogP contribution in [0.3, 0.4) is 0 Å². The summed E-state index contributed by atoms with van der Waals surface area (Å²) in [5.74, 6) is -1.60. The van der Waals surface area contributed by atoms with Crippen LogP contribution in [-0.2, 0) is 0 Å². The van der Waals surface area contributed by atoms with E-state index in [1.807, 2.05) is 4.90 Å². The van der Waals surface area contributed by atoms with Gasteiger partial charge in [0.05, 0.1) is 15.7 Å². The molecule has 1 aliphatic rings. The van der Waals surface area contributed by atoms with Gasteiger partial charge in [-0.3, -0.25) is 0 Å². The molecule has 2 rings (SSSR count). The van der Waals surface area contributed by atoms with Gasteiger partial charge in [-0.25, -0.2) is 9.18 Å². The third-order valence-electron chi connectivity index (χ3n) is 4.57. The standard InChI is InChI=1S/C15H19BrFNO2/c1-3-15(4-2)7-8-18(9-15)11-6-5-10(14(19)20)12(16)13(11)17/h5-6H,3-4,7-9H2,1-2H3,(H,19,20). The number of aromatic carboxylic acids is 1. The summed E-state index contributed by atoms with van der Waals surface area (Å²) in [5.41, 5.74) is 0.707. The SMILES string of the molecule is CCC1(CC)CCN(c2ccc(C(=O)O)c(Br)c2F)C1. The van der Waals surface area contributed by atoms with Crippen LogP contribution in [0.25, 0.3) is 0 Å². The van der Waals surface area contributed by atoms with Crippen molar-refractivity contribution in [1.29, 1.82) is 0 Å². The zero-order valence-electron chi connectivity index (χ0n) is 11.7. The van der Waals surface area contributed by atoms with Crippen molar-refractivity contribution in [2.75, 3.05) is 18.0 Å². The van der Waals surface area contributed by atoms with Gasteiger partial charge in [0.25, 0.3) is 0 Å². The molecule has 5 heteroatoms. The highest BCUT2D eigenvalue weighted by Crippen LogP contribution is 2.40. The van der Waals surface area contributed by atoms with Crippen LogP contribution < -0.4 is 4.90 Å². The first-order valence-electron chi connectivity index (χ1n) is 6.90. The first-order valence-corrected chi connectivity index (χ1v) is 7.69. The Hall–Kier alpha value is -1.10. The van der Waals surface area contributed by atoms with Crippen molar-refractivity contribution < 1.29 is 14.3 Å². The van der Waals surface area contributed by atoms with Crippen LogP contribution >= 0.6 is 15.9 Å². The van der Waals surface area contributed by atoms with Gasteiger partial charge in [0.2, 0.25) is 0 Å². The molecular formula is C15H19BrFNO2. The van der Waals surface area contributed by atoms with E-state index in [4.69, 9.17) is 5.11 Å². The highest BCUT2D eigenvalue weighted by molar-refractivity contribution is 9.10. The molecule has 3 nitrogen and oxygen atoms in total. The van der Waals surface area contributed by atoms with E-state index >= 15 is 0 Å². The Kier molecular flexibility index (Phi) is 4.37. The molecule has 0 aromatic heterocycles. The topological polar surface area (TPSA) is 40.5 Å². The molecule has 1 aliphatic heterocycles. The van der Waals surface area contributed by atoms with Crippen molar-refractivity contribution in [3.05, 3.63) is 28.0 Å². The van der Waals surface area contributed by atoms with Crippen molar-refractivity contribution in [3.8, 4) is 0 Å². The van der Waals surface area contributed by atoms with E-state index in [2.05, 4.69) is 29.8 Å². The zero-order valence-corrected chi connectivity index (χ0v) is 13.3. The van der Waals surface area contributed by atoms with Gasteiger partial charge in [-0.05, 0) is 52.7 Å². The molecule has 1 aromatic rings. The van der Waals surface area contributed by atoms with Crippen LogP contribution in [0.1, 0.15) is 43.5 Å². The van der Waals surface area contributed by atoms with Crippen LogP contribution in [0.2, 0.25) is 0 Å². The van der Waals surface area contributed by atoms with E-state index in [0.29, 0.717) is 5.69 Å². The number of nitrogens with zero attached hydrogens (tertiary/aromatic N) is 1. The maximum Gasteiger partial charge on any atom is 0.336 e. The molecule has 1 saturated heterocycles. The lowest BCUT2D eigenvalue weighted by Crippen LogP contribution is -2.27. The third-order valence-corrected chi connectivity index (χ3v) is 5.35. The summed E-state index contributed by atoms with van der Waals surface area (Å²) in [6, 6.07) is 3.04. The van der Waals surface area contributed by atoms with Crippen LogP contribution in [-0.4, -0.2) is 24.2 Å². The van der Waals surface area contributed by atoms with E-state index in [1.165, 1.54) is 6.07 Å². The van der Waals surface area contributed by atoms with E-state index in [0.717, 1.165) is 32.4 Å². The number of rotatable bonds is 4. The minimum atomic E-state index is -1.12. The largest absolute Gasteiger partial charge is 0.478 e. The molecule has 0 radical (unpaired) electrons. The van der Waals surface area contributed by atoms with Crippen LogP contribution in [0.15, 0.2) is 16.6 Å². The van der Waals surface area contributed by atoms with E-state index in [9.17, 15) is 9.18 Å². The van der Waals surface area contributed by atoms with Crippen LogP contribution in [0, 0.1) is 11.2 Å². The average molecular weight is 344 g/mol. The van der Waals surface area contributed by atoms with Crippen molar-refractivity contribution in [2.24, 2.45) is 5.41 Å². The van der Waals surface area contributed by atoms with Gasteiger partial charge < -0.3 is 10.0 Å². The second-order valence-electron chi connectivity index (χ2n) is 5.44. The molecule has 0 unspecified atom stereocenters. The summed E-state index contributed by atoms with van der Waals surface area (Å²) in [5, 5.41) is 9.00. The molecule has 1 aromatic carbocycles. The second kappa shape index (κ2) is 5.72. The maximum atomic E-state index is 14.4. The number of halogens is 2. The number of anilines is 1. The van der Waals surface area contributed by atoms with Gasteiger partial charge in [0.1, 0.15) is 0 Å². The lowest BCUT2D eigenvalue weighted by atomic mass is 9.82. The quantitative estimate of drug-likeness (QED) is 0.885. The fourth-order valence-corrected chi connectivity index (χ4v) is 3.42. The van der Waals surface area contributed by atoms with Gasteiger partial charge in [0, 0.05) is 13.1 Å². The fourth-order valence-electron chi connectivity index (χ4n) is 2.92. The molecule has 1 fully saturated rings. The molecule has 1 heterocycles. The maximum absolute atomic E-state index is 14.4. The molecule has 0 saturated carbocycles. The van der Waals surface area contributed by atoms with Crippen LogP contribution in [0.4, 0.5) is 10.1 Å². The Labute approximate surface area is 126 Å². The summed E-state index contributed by atoms with van der Waals surface area (Å²) in [6.45, 7) is 5.99. The Balaban J connectivity index is 2.32. The lowest BCUT2D eigenvalue weighted by Gasteiger charge is -2.27. The molecule has 0 atom stereocenters. The Morgan fingerprint density at radius 2 is 2.10 bits per heavy atom. The zero-order chi connectivity index (χ0) is 14.9. The molecule has 20 heavy (non-hydrogen) atoms. The summed E-state index contributed by atoms with van der Waals surface area (Å²) in [4.78, 5) is 13.0. The fraction of sp³-hybridized carbons (Fsp3) is 0.533. The average Bonchev–Trinajstić information content (AvgIpc) is 2.86. The van der Waals surface area contributed by atoms with Gasteiger partial charge in [-0.2, -0.15) is 0 Å². The molecule has 0 bridgehead atoms. The van der Waals surface area contributed by atoms with Gasteiger partial charge in [-0.1, -0.05) is 13.8 Å². The van der Waals surface area contributed by atoms with Crippen molar-refractivity contribution in [2.45, 2.75) is 33.1 Å². The van der Waals surface area contributed by atoms with E-state index < -0.39 is 11.8 Å². The van der Waals surface area contributed by atoms with Crippen LogP contribution in [0.5, 0.6) is 0 Å². The molecule has 0 aliphatic carbocycles. The number of benzene rings is 1. The summed E-state index contributed by atoms with van der Waals surface area (Å²) in [6.07, 6.45) is 3.21. The molecule has 1 N–H and O–H groups in total. The smallest absolute Gasteiger partial charge is 0.336 e. The number of carboxylic acids is 1. The minimum Gasteiger partial charge on any atom is -0.478 e. The van der Waals surface area contributed by atoms with Crippen molar-refractivity contribution in [3.63, 3.8) is 0 Å². The minimum absolute atomic E-state index is 0.0352. The van der Waals surface area contributed by atoms with Gasteiger partial charge in [-0.15, -0.1) is 0 Å². The van der Waals surface area contributed by atoms with Crippen molar-refractivity contribution >= 4 is 27.6 Å². The predicted molar refractivity (Wildman–Crippen MR) is 80.9 cm³/mol. The first-order chi connectivity index (χ1) is 9.44. The molecular weight excluding hydrogens is 325 g/mol. The number of hydrogen-bond donors (Lipinski definition) is 1. The van der Waals surface area contributed by atoms with Crippen molar-refractivity contribution in [1.82, 2.24) is 0 Å². The Morgan fingerprint density at radius 1 is 1.45 bits per heavy atom. The van der Waals surface area contributed by atoms with E-state index in [1.54, 1.807) is 6.07 Å². The lowest BCUT2D eigenvalue weighted by molar-refractivity contribution is 0.0695. The molecule has 0 spiro atoms. The first kappa shape index (κ1) is 15.3. The monoisotopic (exact) mass is 343 g/mol. The summed E-state index contributed by atoms with van der Waals surface area (Å²) in [7, 11) is 0. The van der Waals surface area contributed by atoms with Gasteiger partial charge in [0.15, 0.2) is 5.82 Å². The molecule has 110 valence electrons. The number of carboxylic acid groups (broad SMARTS) is 1. The third kappa shape index (κ3) is 2.55. The summed E-state index contributed by atoms with van der Waals surface area (Å²) < 4.78 is 14.4.